The number of H-pyrrole nitrogens is 1. The maximum Gasteiger partial charge on any atom is 0.221 e. The molecule has 0 bridgehead atoms. The van der Waals surface area contributed by atoms with Crippen LogP contribution in [0, 0.1) is 18.3 Å². The molecule has 1 amide bonds. The fraction of sp³-hybridized carbons (Fsp3) is 0.167. The van der Waals surface area contributed by atoms with Gasteiger partial charge in [0.05, 0.1) is 16.8 Å². The Hall–Kier alpha value is -2.28. The molecule has 0 aliphatic carbocycles. The van der Waals surface area contributed by atoms with Crippen molar-refractivity contribution in [3.8, 4) is 6.07 Å². The molecule has 1 aromatic heterocycles. The van der Waals surface area contributed by atoms with E-state index in [1.165, 1.54) is 6.92 Å². The summed E-state index contributed by atoms with van der Waals surface area (Å²) in [5.41, 5.74) is 3.11. The average Bonchev–Trinajstić information content (AvgIpc) is 2.66. The second-order valence-electron chi connectivity index (χ2n) is 3.68. The molecule has 0 fully saturated rings. The van der Waals surface area contributed by atoms with Crippen LogP contribution in [0.25, 0.3) is 10.9 Å². The fourth-order valence-corrected chi connectivity index (χ4v) is 1.80. The lowest BCUT2D eigenvalue weighted by Gasteiger charge is -2.05. The number of nitriles is 1. The number of amides is 1. The second-order valence-corrected chi connectivity index (χ2v) is 3.68. The predicted octanol–water partition coefficient (Wildman–Crippen LogP) is 2.31. The quantitative estimate of drug-likeness (QED) is 0.763. The summed E-state index contributed by atoms with van der Waals surface area (Å²) in [7, 11) is 0. The van der Waals surface area contributed by atoms with Crippen LogP contribution in [-0.2, 0) is 4.79 Å². The molecule has 80 valence electrons. The van der Waals surface area contributed by atoms with E-state index in [1.54, 1.807) is 6.20 Å². The van der Waals surface area contributed by atoms with Crippen LogP contribution in [0.4, 0.5) is 5.69 Å². The Balaban J connectivity index is 2.71. The van der Waals surface area contributed by atoms with Gasteiger partial charge in [0.1, 0.15) is 6.07 Å². The van der Waals surface area contributed by atoms with E-state index in [-0.39, 0.29) is 5.91 Å². The largest absolute Gasteiger partial charge is 0.358 e. The molecule has 0 aliphatic rings. The molecule has 16 heavy (non-hydrogen) atoms. The summed E-state index contributed by atoms with van der Waals surface area (Å²) in [6.45, 7) is 3.40. The van der Waals surface area contributed by atoms with E-state index in [0.717, 1.165) is 16.5 Å². The molecule has 2 aromatic rings. The molecule has 4 heteroatoms. The first-order valence-corrected chi connectivity index (χ1v) is 4.92. The van der Waals surface area contributed by atoms with Gasteiger partial charge in [0, 0.05) is 18.5 Å². The SMILES string of the molecule is CC(=O)Nc1ccc(C)c2c(C#N)c[nH]c12. The molecular weight excluding hydrogens is 202 g/mol. The number of benzene rings is 1. The minimum absolute atomic E-state index is 0.127. The normalized spacial score (nSPS) is 10.1. The lowest BCUT2D eigenvalue weighted by Crippen LogP contribution is -2.06. The number of aromatic nitrogens is 1. The zero-order chi connectivity index (χ0) is 11.7. The number of fused-ring (bicyclic) bond motifs is 1. The van der Waals surface area contributed by atoms with Gasteiger partial charge in [0.25, 0.3) is 0 Å². The predicted molar refractivity (Wildman–Crippen MR) is 62.1 cm³/mol. The van der Waals surface area contributed by atoms with Crippen molar-refractivity contribution < 1.29 is 4.79 Å². The van der Waals surface area contributed by atoms with Crippen molar-refractivity contribution >= 4 is 22.5 Å². The van der Waals surface area contributed by atoms with E-state index in [2.05, 4.69) is 16.4 Å². The van der Waals surface area contributed by atoms with Crippen molar-refractivity contribution in [3.05, 3.63) is 29.5 Å². The van der Waals surface area contributed by atoms with E-state index in [0.29, 0.717) is 11.3 Å². The monoisotopic (exact) mass is 213 g/mol. The number of hydrogen-bond acceptors (Lipinski definition) is 2. The minimum Gasteiger partial charge on any atom is -0.358 e. The summed E-state index contributed by atoms with van der Waals surface area (Å²) in [5.74, 6) is -0.127. The second kappa shape index (κ2) is 3.70. The first-order chi connectivity index (χ1) is 7.63. The molecule has 0 unspecified atom stereocenters. The Labute approximate surface area is 92.9 Å². The number of rotatable bonds is 1. The molecule has 0 atom stereocenters. The molecule has 2 N–H and O–H groups in total. The zero-order valence-corrected chi connectivity index (χ0v) is 9.09. The lowest BCUT2D eigenvalue weighted by molar-refractivity contribution is -0.114. The number of hydrogen-bond donors (Lipinski definition) is 2. The molecule has 0 saturated carbocycles. The summed E-state index contributed by atoms with van der Waals surface area (Å²) in [5, 5.41) is 12.6. The van der Waals surface area contributed by atoms with Gasteiger partial charge in [-0.05, 0) is 18.6 Å². The van der Waals surface area contributed by atoms with Gasteiger partial charge < -0.3 is 10.3 Å². The van der Waals surface area contributed by atoms with Crippen molar-refractivity contribution in [3.63, 3.8) is 0 Å². The maximum atomic E-state index is 11.0. The van der Waals surface area contributed by atoms with Crippen molar-refractivity contribution in [2.75, 3.05) is 5.32 Å². The van der Waals surface area contributed by atoms with E-state index >= 15 is 0 Å². The third kappa shape index (κ3) is 1.52. The topological polar surface area (TPSA) is 68.7 Å². The molecular formula is C12H11N3O. The van der Waals surface area contributed by atoms with Crippen LogP contribution in [0.3, 0.4) is 0 Å². The van der Waals surface area contributed by atoms with Gasteiger partial charge in [-0.1, -0.05) is 6.07 Å². The van der Waals surface area contributed by atoms with Gasteiger partial charge in [0.2, 0.25) is 5.91 Å². The summed E-state index contributed by atoms with van der Waals surface area (Å²) >= 11 is 0. The molecule has 1 heterocycles. The first kappa shape index (κ1) is 10.2. The van der Waals surface area contributed by atoms with E-state index in [1.807, 2.05) is 19.1 Å². The molecule has 1 aromatic carbocycles. The van der Waals surface area contributed by atoms with Gasteiger partial charge in [-0.25, -0.2) is 0 Å². The minimum atomic E-state index is -0.127. The Morgan fingerprint density at radius 2 is 2.25 bits per heavy atom. The van der Waals surface area contributed by atoms with Gasteiger partial charge in [-0.3, -0.25) is 4.79 Å². The summed E-state index contributed by atoms with van der Waals surface area (Å²) < 4.78 is 0. The Bertz CT molecular complexity index is 604. The van der Waals surface area contributed by atoms with Crippen LogP contribution in [0.1, 0.15) is 18.1 Å². The van der Waals surface area contributed by atoms with E-state index in [9.17, 15) is 4.79 Å². The van der Waals surface area contributed by atoms with Gasteiger partial charge >= 0.3 is 0 Å². The Kier molecular flexibility index (Phi) is 2.37. The molecule has 0 spiro atoms. The van der Waals surface area contributed by atoms with Crippen LogP contribution < -0.4 is 5.32 Å². The summed E-state index contributed by atoms with van der Waals surface area (Å²) in [6, 6.07) is 5.85. The van der Waals surface area contributed by atoms with Gasteiger partial charge in [-0.2, -0.15) is 5.26 Å². The number of nitrogens with one attached hydrogen (secondary N) is 2. The third-order valence-corrected chi connectivity index (χ3v) is 2.48. The number of nitrogens with zero attached hydrogens (tertiary/aromatic N) is 1. The molecule has 0 saturated heterocycles. The number of carbonyl (C=O) groups is 1. The van der Waals surface area contributed by atoms with Gasteiger partial charge in [-0.15, -0.1) is 0 Å². The van der Waals surface area contributed by atoms with Crippen LogP contribution in [-0.4, -0.2) is 10.9 Å². The van der Waals surface area contributed by atoms with Crippen molar-refractivity contribution in [2.24, 2.45) is 0 Å². The number of carbonyl (C=O) groups excluding carboxylic acids is 1. The van der Waals surface area contributed by atoms with E-state index < -0.39 is 0 Å². The van der Waals surface area contributed by atoms with Crippen molar-refractivity contribution in [2.45, 2.75) is 13.8 Å². The van der Waals surface area contributed by atoms with Crippen molar-refractivity contribution in [1.29, 1.82) is 5.26 Å². The highest BCUT2D eigenvalue weighted by molar-refractivity contribution is 6.02. The highest BCUT2D eigenvalue weighted by atomic mass is 16.1. The molecule has 2 rings (SSSR count). The Morgan fingerprint density at radius 3 is 2.88 bits per heavy atom. The lowest BCUT2D eigenvalue weighted by atomic mass is 10.1. The first-order valence-electron chi connectivity index (χ1n) is 4.92. The highest BCUT2D eigenvalue weighted by Gasteiger charge is 2.10. The third-order valence-electron chi connectivity index (χ3n) is 2.48. The van der Waals surface area contributed by atoms with Crippen molar-refractivity contribution in [1.82, 2.24) is 4.98 Å². The fourth-order valence-electron chi connectivity index (χ4n) is 1.80. The summed E-state index contributed by atoms with van der Waals surface area (Å²) in [4.78, 5) is 14.0. The number of anilines is 1. The van der Waals surface area contributed by atoms with Gasteiger partial charge in [0.15, 0.2) is 0 Å². The van der Waals surface area contributed by atoms with Crippen LogP contribution in [0.5, 0.6) is 0 Å². The van der Waals surface area contributed by atoms with Crippen LogP contribution in [0.15, 0.2) is 18.3 Å². The standard InChI is InChI=1S/C12H11N3O/c1-7-3-4-10(15-8(2)16)12-11(7)9(5-13)6-14-12/h3-4,6,14H,1-2H3,(H,15,16). The average molecular weight is 213 g/mol. The molecule has 0 radical (unpaired) electrons. The Morgan fingerprint density at radius 1 is 1.50 bits per heavy atom. The van der Waals surface area contributed by atoms with E-state index in [4.69, 9.17) is 5.26 Å². The molecule has 4 nitrogen and oxygen atoms in total. The summed E-state index contributed by atoms with van der Waals surface area (Å²) in [6.07, 6.45) is 1.66. The highest BCUT2D eigenvalue weighted by Crippen LogP contribution is 2.28. The van der Waals surface area contributed by atoms with Crippen LogP contribution in [0.2, 0.25) is 0 Å². The molecule has 0 aliphatic heterocycles. The zero-order valence-electron chi connectivity index (χ0n) is 9.09. The smallest absolute Gasteiger partial charge is 0.221 e. The number of aryl methyl sites for hydroxylation is 1. The number of aromatic amines is 1. The maximum absolute atomic E-state index is 11.0. The van der Waals surface area contributed by atoms with Crippen LogP contribution >= 0.6 is 0 Å².